The molecule has 0 aromatic carbocycles. The highest BCUT2D eigenvalue weighted by Gasteiger charge is 2.40. The number of rotatable bonds is 19. The molecule has 1 saturated heterocycles. The van der Waals surface area contributed by atoms with Crippen molar-refractivity contribution >= 4 is 47.4 Å². The summed E-state index contributed by atoms with van der Waals surface area (Å²) in [5.41, 5.74) is 21.8. The molecule has 0 aromatic heterocycles. The molecule has 6 unspecified atom stereocenters. The minimum absolute atomic E-state index is 0.0906. The average molecular weight is 669 g/mol. The van der Waals surface area contributed by atoms with Crippen LogP contribution in [0.5, 0.6) is 0 Å². The van der Waals surface area contributed by atoms with Crippen LogP contribution in [0.1, 0.15) is 73.1 Å². The summed E-state index contributed by atoms with van der Waals surface area (Å²) in [4.78, 5) is 94.2. The first kappa shape index (κ1) is 40.5. The van der Waals surface area contributed by atoms with Gasteiger partial charge in [-0.1, -0.05) is 27.7 Å². The molecule has 18 heteroatoms. The Morgan fingerprint density at radius 2 is 1.49 bits per heavy atom. The monoisotopic (exact) mass is 668 g/mol. The fraction of sp³-hybridized carbons (Fsp3) is 0.724. The maximum absolute atomic E-state index is 13.8. The molecule has 0 spiro atoms. The van der Waals surface area contributed by atoms with Crippen LogP contribution in [0.15, 0.2) is 4.99 Å². The smallest absolute Gasteiger partial charge is 0.325 e. The largest absolute Gasteiger partial charge is 0.480 e. The van der Waals surface area contributed by atoms with Crippen LogP contribution in [0, 0.1) is 11.8 Å². The van der Waals surface area contributed by atoms with E-state index in [2.05, 4.69) is 26.3 Å². The molecule has 0 bridgehead atoms. The molecular weight excluding hydrogens is 616 g/mol. The summed E-state index contributed by atoms with van der Waals surface area (Å²) in [5, 5.41) is 19.2. The lowest BCUT2D eigenvalue weighted by molar-refractivity contribution is -0.144. The molecule has 1 heterocycles. The SMILES string of the molecule is CC(C)CC(NC(=O)C(CC(N)=O)NC(=O)C(N)CCCN=C(N)N)C(=O)N1CCCC1C(=O)NC(C(=O)NC(C)C(=O)O)C(C)C. The van der Waals surface area contributed by atoms with Gasteiger partial charge in [-0.05, 0) is 50.9 Å². The second-order valence-electron chi connectivity index (χ2n) is 12.5. The number of aliphatic carboxylic acids is 1. The van der Waals surface area contributed by atoms with Crippen LogP contribution in [0.3, 0.4) is 0 Å². The number of likely N-dealkylation sites (tertiary alicyclic amines) is 1. The molecule has 1 aliphatic heterocycles. The molecule has 1 fully saturated rings. The van der Waals surface area contributed by atoms with Crippen LogP contribution in [-0.4, -0.2) is 107 Å². The number of carboxylic acid groups (broad SMARTS) is 1. The van der Waals surface area contributed by atoms with Gasteiger partial charge in [-0.2, -0.15) is 0 Å². The lowest BCUT2D eigenvalue weighted by atomic mass is 10.0. The Hall–Kier alpha value is -4.48. The highest BCUT2D eigenvalue weighted by Crippen LogP contribution is 2.21. The number of guanidine groups is 1. The number of hydrogen-bond acceptors (Lipinski definition) is 9. The van der Waals surface area contributed by atoms with Crippen molar-refractivity contribution in [2.45, 2.75) is 109 Å². The molecule has 13 N–H and O–H groups in total. The van der Waals surface area contributed by atoms with E-state index in [-0.39, 0.29) is 37.8 Å². The molecular formula is C29H52N10O8. The number of nitrogens with two attached hydrogens (primary N) is 4. The summed E-state index contributed by atoms with van der Waals surface area (Å²) in [7, 11) is 0. The zero-order chi connectivity index (χ0) is 36.0. The molecule has 266 valence electrons. The fourth-order valence-corrected chi connectivity index (χ4v) is 4.96. The molecule has 0 aromatic rings. The van der Waals surface area contributed by atoms with Crippen LogP contribution >= 0.6 is 0 Å². The lowest BCUT2D eigenvalue weighted by Crippen LogP contribution is -2.60. The van der Waals surface area contributed by atoms with E-state index in [0.717, 1.165) is 0 Å². The zero-order valence-corrected chi connectivity index (χ0v) is 27.8. The topological polar surface area (TPSA) is 308 Å². The maximum Gasteiger partial charge on any atom is 0.325 e. The average Bonchev–Trinajstić information content (AvgIpc) is 3.46. The second kappa shape index (κ2) is 19.2. The number of aliphatic imine (C=N–C) groups is 1. The standard InChI is InChI=1S/C29H52N10O8/c1-14(2)12-19(37-24(42)18(13-21(31)40)36-23(41)17(30)8-6-10-34-29(32)33)27(45)39-11-7-9-20(39)25(43)38-22(15(3)4)26(44)35-16(5)28(46)47/h14-20,22H,6-13,30H2,1-5H3,(H2,31,40)(H,35,44)(H,36,41)(H,37,42)(H,38,43)(H,46,47)(H4,32,33,34). The number of primary amides is 1. The molecule has 0 saturated carbocycles. The number of nitrogens with zero attached hydrogens (tertiary/aromatic N) is 2. The van der Waals surface area contributed by atoms with E-state index in [1.807, 2.05) is 13.8 Å². The summed E-state index contributed by atoms with van der Waals surface area (Å²) in [6.45, 7) is 8.75. The minimum Gasteiger partial charge on any atom is -0.480 e. The van der Waals surface area contributed by atoms with E-state index < -0.39 is 90.0 Å². The molecule has 47 heavy (non-hydrogen) atoms. The van der Waals surface area contributed by atoms with Crippen molar-refractivity contribution in [2.24, 2.45) is 39.8 Å². The number of hydrogen-bond donors (Lipinski definition) is 9. The Morgan fingerprint density at radius 3 is 2.02 bits per heavy atom. The Labute approximate surface area is 274 Å². The normalized spacial score (nSPS) is 17.5. The number of nitrogens with one attached hydrogen (secondary N) is 4. The minimum atomic E-state index is -1.43. The zero-order valence-electron chi connectivity index (χ0n) is 27.8. The van der Waals surface area contributed by atoms with E-state index in [0.29, 0.717) is 19.3 Å². The van der Waals surface area contributed by atoms with Crippen LogP contribution in [0.25, 0.3) is 0 Å². The molecule has 6 amide bonds. The summed E-state index contributed by atoms with van der Waals surface area (Å²) in [6.07, 6.45) is 0.925. The fourth-order valence-electron chi connectivity index (χ4n) is 4.96. The van der Waals surface area contributed by atoms with Crippen LogP contribution in [0.4, 0.5) is 0 Å². The molecule has 1 aliphatic rings. The van der Waals surface area contributed by atoms with E-state index in [1.165, 1.54) is 11.8 Å². The quantitative estimate of drug-likeness (QED) is 0.0379. The van der Waals surface area contributed by atoms with Gasteiger partial charge in [-0.3, -0.25) is 38.6 Å². The van der Waals surface area contributed by atoms with Gasteiger partial charge in [0.25, 0.3) is 0 Å². The Bertz CT molecular complexity index is 1170. The Morgan fingerprint density at radius 1 is 0.872 bits per heavy atom. The van der Waals surface area contributed by atoms with Crippen molar-refractivity contribution in [2.75, 3.05) is 13.1 Å². The molecule has 18 nitrogen and oxygen atoms in total. The van der Waals surface area contributed by atoms with Crippen molar-refractivity contribution in [3.63, 3.8) is 0 Å². The number of carboxylic acids is 1. The van der Waals surface area contributed by atoms with Crippen molar-refractivity contribution < 1.29 is 38.7 Å². The molecule has 0 radical (unpaired) electrons. The Balaban J connectivity index is 3.09. The van der Waals surface area contributed by atoms with Gasteiger partial charge in [0, 0.05) is 13.1 Å². The first-order chi connectivity index (χ1) is 21.8. The first-order valence-corrected chi connectivity index (χ1v) is 15.7. The van der Waals surface area contributed by atoms with Gasteiger partial charge in [0.2, 0.25) is 35.4 Å². The third kappa shape index (κ3) is 13.8. The van der Waals surface area contributed by atoms with E-state index in [4.69, 9.17) is 28.0 Å². The number of amides is 6. The first-order valence-electron chi connectivity index (χ1n) is 15.7. The predicted molar refractivity (Wildman–Crippen MR) is 172 cm³/mol. The van der Waals surface area contributed by atoms with Gasteiger partial charge in [-0.25, -0.2) is 0 Å². The van der Waals surface area contributed by atoms with Crippen LogP contribution < -0.4 is 44.2 Å². The second-order valence-corrected chi connectivity index (χ2v) is 12.5. The van der Waals surface area contributed by atoms with Crippen LogP contribution in [-0.2, 0) is 33.6 Å². The van der Waals surface area contributed by atoms with E-state index in [1.54, 1.807) is 13.8 Å². The van der Waals surface area contributed by atoms with Crippen molar-refractivity contribution in [3.8, 4) is 0 Å². The van der Waals surface area contributed by atoms with Crippen LogP contribution in [0.2, 0.25) is 0 Å². The van der Waals surface area contributed by atoms with E-state index >= 15 is 0 Å². The molecule has 6 atom stereocenters. The predicted octanol–water partition coefficient (Wildman–Crippen LogP) is -3.02. The van der Waals surface area contributed by atoms with Gasteiger partial charge in [0.1, 0.15) is 30.2 Å². The van der Waals surface area contributed by atoms with Gasteiger partial charge in [0.05, 0.1) is 12.5 Å². The van der Waals surface area contributed by atoms with Crippen molar-refractivity contribution in [1.82, 2.24) is 26.2 Å². The number of carbonyl (C=O) groups excluding carboxylic acids is 6. The summed E-state index contributed by atoms with van der Waals surface area (Å²) in [6, 6.07) is -6.81. The lowest BCUT2D eigenvalue weighted by Gasteiger charge is -2.32. The summed E-state index contributed by atoms with van der Waals surface area (Å²) in [5.74, 6) is -6.12. The van der Waals surface area contributed by atoms with E-state index in [9.17, 15) is 33.6 Å². The van der Waals surface area contributed by atoms with Crippen molar-refractivity contribution in [3.05, 3.63) is 0 Å². The number of carbonyl (C=O) groups is 7. The highest BCUT2D eigenvalue weighted by atomic mass is 16.4. The summed E-state index contributed by atoms with van der Waals surface area (Å²) < 4.78 is 0. The van der Waals surface area contributed by atoms with Gasteiger partial charge >= 0.3 is 5.97 Å². The summed E-state index contributed by atoms with van der Waals surface area (Å²) >= 11 is 0. The third-order valence-electron chi connectivity index (χ3n) is 7.48. The maximum atomic E-state index is 13.8. The molecule has 0 aliphatic carbocycles. The Kier molecular flexibility index (Phi) is 16.6. The van der Waals surface area contributed by atoms with Gasteiger partial charge in [0.15, 0.2) is 5.96 Å². The van der Waals surface area contributed by atoms with Gasteiger partial charge in [-0.15, -0.1) is 0 Å². The third-order valence-corrected chi connectivity index (χ3v) is 7.48. The highest BCUT2D eigenvalue weighted by molar-refractivity contribution is 5.97. The van der Waals surface area contributed by atoms with Gasteiger partial charge < -0.3 is 54.2 Å². The molecule has 1 rings (SSSR count). The van der Waals surface area contributed by atoms with Crippen molar-refractivity contribution in [1.29, 1.82) is 0 Å².